The molecule has 1 aromatic rings. The third kappa shape index (κ3) is 3.05. The average molecular weight is 285 g/mol. The monoisotopic (exact) mass is 285 g/mol. The highest BCUT2D eigenvalue weighted by atomic mass is 16.5. The van der Waals surface area contributed by atoms with Crippen LogP contribution in [0.15, 0.2) is 53.4 Å². The molecule has 1 heterocycles. The minimum Gasteiger partial charge on any atom is -0.463 e. The van der Waals surface area contributed by atoms with E-state index in [2.05, 4.69) is 5.32 Å². The topological polar surface area (TPSA) is 55.4 Å². The molecule has 0 fully saturated rings. The normalized spacial score (nSPS) is 17.9. The van der Waals surface area contributed by atoms with Crippen LogP contribution in [-0.4, -0.2) is 18.4 Å². The Morgan fingerprint density at radius 2 is 1.90 bits per heavy atom. The van der Waals surface area contributed by atoms with E-state index in [9.17, 15) is 9.59 Å². The molecule has 0 bridgehead atoms. The molecule has 1 aromatic carbocycles. The molecule has 0 spiro atoms. The number of hydrogen-bond donors (Lipinski definition) is 1. The number of carbonyl (C=O) groups is 2. The molecule has 0 saturated carbocycles. The molecule has 1 atom stereocenters. The first-order chi connectivity index (χ1) is 10.1. The van der Waals surface area contributed by atoms with Crippen molar-refractivity contribution in [1.29, 1.82) is 0 Å². The number of benzene rings is 1. The van der Waals surface area contributed by atoms with Crippen LogP contribution in [0, 0.1) is 0 Å². The molecule has 2 rings (SSSR count). The maximum atomic E-state index is 12.3. The Bertz CT molecular complexity index is 614. The summed E-state index contributed by atoms with van der Waals surface area (Å²) in [6, 6.07) is 9.53. The smallest absolute Gasteiger partial charge is 0.336 e. The molecule has 1 N–H and O–H groups in total. The van der Waals surface area contributed by atoms with Gasteiger partial charge in [-0.1, -0.05) is 30.3 Å². The highest BCUT2D eigenvalue weighted by Crippen LogP contribution is 2.36. The van der Waals surface area contributed by atoms with Gasteiger partial charge >= 0.3 is 5.97 Å². The van der Waals surface area contributed by atoms with E-state index in [0.29, 0.717) is 23.5 Å². The zero-order valence-electron chi connectivity index (χ0n) is 12.5. The van der Waals surface area contributed by atoms with Crippen molar-refractivity contribution in [3.05, 3.63) is 58.9 Å². The van der Waals surface area contributed by atoms with Gasteiger partial charge in [0.05, 0.1) is 12.2 Å². The number of nitrogens with one attached hydrogen (secondary N) is 1. The fourth-order valence-corrected chi connectivity index (χ4v) is 2.50. The van der Waals surface area contributed by atoms with Gasteiger partial charge in [-0.25, -0.2) is 4.79 Å². The highest BCUT2D eigenvalue weighted by molar-refractivity contribution is 6.01. The average Bonchev–Trinajstić information content (AvgIpc) is 2.47. The molecule has 1 aliphatic heterocycles. The second-order valence-electron chi connectivity index (χ2n) is 4.90. The van der Waals surface area contributed by atoms with Crippen LogP contribution in [0.3, 0.4) is 0 Å². The predicted octanol–water partition coefficient (Wildman–Crippen LogP) is 2.68. The summed E-state index contributed by atoms with van der Waals surface area (Å²) >= 11 is 0. The van der Waals surface area contributed by atoms with E-state index >= 15 is 0 Å². The largest absolute Gasteiger partial charge is 0.463 e. The van der Waals surface area contributed by atoms with Crippen LogP contribution >= 0.6 is 0 Å². The van der Waals surface area contributed by atoms with E-state index in [1.165, 1.54) is 6.92 Å². The Labute approximate surface area is 124 Å². The second kappa shape index (κ2) is 6.39. The van der Waals surface area contributed by atoms with Gasteiger partial charge < -0.3 is 10.1 Å². The fraction of sp³-hybridized carbons (Fsp3) is 0.294. The summed E-state index contributed by atoms with van der Waals surface area (Å²) in [4.78, 5) is 24.2. The van der Waals surface area contributed by atoms with Gasteiger partial charge in [-0.2, -0.15) is 0 Å². The van der Waals surface area contributed by atoms with Crippen LogP contribution < -0.4 is 5.32 Å². The summed E-state index contributed by atoms with van der Waals surface area (Å²) in [7, 11) is 0. The molecule has 4 heteroatoms. The molecular weight excluding hydrogens is 266 g/mol. The maximum absolute atomic E-state index is 12.3. The predicted molar refractivity (Wildman–Crippen MR) is 80.4 cm³/mol. The maximum Gasteiger partial charge on any atom is 0.336 e. The lowest BCUT2D eigenvalue weighted by Crippen LogP contribution is -2.28. The minimum absolute atomic E-state index is 0.0642. The van der Waals surface area contributed by atoms with Crippen molar-refractivity contribution >= 4 is 11.8 Å². The number of esters is 1. The van der Waals surface area contributed by atoms with Crippen LogP contribution in [-0.2, 0) is 14.3 Å². The van der Waals surface area contributed by atoms with E-state index in [0.717, 1.165) is 5.56 Å². The van der Waals surface area contributed by atoms with Gasteiger partial charge in [0.1, 0.15) is 0 Å². The van der Waals surface area contributed by atoms with Gasteiger partial charge in [0.2, 0.25) is 0 Å². The zero-order chi connectivity index (χ0) is 15.4. The third-order valence-electron chi connectivity index (χ3n) is 3.48. The highest BCUT2D eigenvalue weighted by Gasteiger charge is 2.33. The van der Waals surface area contributed by atoms with Crippen LogP contribution in [0.5, 0.6) is 0 Å². The number of ketones is 1. The Morgan fingerprint density at radius 3 is 2.48 bits per heavy atom. The Balaban J connectivity index is 2.53. The van der Waals surface area contributed by atoms with Crippen molar-refractivity contribution < 1.29 is 14.3 Å². The third-order valence-corrected chi connectivity index (χ3v) is 3.48. The Hall–Kier alpha value is -2.36. The van der Waals surface area contributed by atoms with E-state index in [1.807, 2.05) is 37.3 Å². The van der Waals surface area contributed by atoms with Crippen molar-refractivity contribution in [2.24, 2.45) is 0 Å². The van der Waals surface area contributed by atoms with Crippen molar-refractivity contribution in [3.8, 4) is 0 Å². The molecule has 0 radical (unpaired) electrons. The number of Topliss-reactive ketones (excluding diaryl/α,β-unsaturated/α-hetero) is 1. The van der Waals surface area contributed by atoms with Crippen molar-refractivity contribution in [2.75, 3.05) is 6.61 Å². The van der Waals surface area contributed by atoms with Gasteiger partial charge in [-0.15, -0.1) is 0 Å². The van der Waals surface area contributed by atoms with Crippen LogP contribution in [0.4, 0.5) is 0 Å². The second-order valence-corrected chi connectivity index (χ2v) is 4.90. The number of carbonyl (C=O) groups excluding carboxylic acids is 2. The van der Waals surface area contributed by atoms with Crippen molar-refractivity contribution in [1.82, 2.24) is 5.32 Å². The fourth-order valence-electron chi connectivity index (χ4n) is 2.50. The Kier molecular flexibility index (Phi) is 4.58. The van der Waals surface area contributed by atoms with Gasteiger partial charge in [0, 0.05) is 23.4 Å². The summed E-state index contributed by atoms with van der Waals surface area (Å²) in [6.45, 7) is 5.39. The van der Waals surface area contributed by atoms with E-state index in [-0.39, 0.29) is 17.7 Å². The lowest BCUT2D eigenvalue weighted by molar-refractivity contribution is -0.138. The summed E-state index contributed by atoms with van der Waals surface area (Å²) in [5, 5.41) is 3.00. The first-order valence-corrected chi connectivity index (χ1v) is 6.96. The summed E-state index contributed by atoms with van der Waals surface area (Å²) in [6.07, 6.45) is 1.68. The van der Waals surface area contributed by atoms with Crippen LogP contribution in [0.1, 0.15) is 32.3 Å². The van der Waals surface area contributed by atoms with Crippen molar-refractivity contribution in [3.63, 3.8) is 0 Å². The quantitative estimate of drug-likeness (QED) is 0.864. The number of ether oxygens (including phenoxy) is 1. The molecule has 110 valence electrons. The first kappa shape index (κ1) is 15.0. The molecule has 1 unspecified atom stereocenters. The summed E-state index contributed by atoms with van der Waals surface area (Å²) < 4.78 is 5.16. The molecule has 1 aliphatic rings. The SMILES string of the molecule is CCOC(=O)C1=C(C)NC=C(C(C)=O)C1c1ccccc1. The lowest BCUT2D eigenvalue weighted by Gasteiger charge is -2.27. The van der Waals surface area contributed by atoms with E-state index in [4.69, 9.17) is 4.74 Å². The van der Waals surface area contributed by atoms with Gasteiger partial charge in [-0.3, -0.25) is 4.79 Å². The zero-order valence-corrected chi connectivity index (χ0v) is 12.5. The van der Waals surface area contributed by atoms with Gasteiger partial charge in [0.25, 0.3) is 0 Å². The lowest BCUT2D eigenvalue weighted by atomic mass is 9.81. The molecule has 4 nitrogen and oxygen atoms in total. The van der Waals surface area contributed by atoms with Gasteiger partial charge in [-0.05, 0) is 26.3 Å². The standard InChI is InChI=1S/C17H19NO3/c1-4-21-17(20)15-11(2)18-10-14(12(3)19)16(15)13-8-6-5-7-9-13/h5-10,16,18H,4H2,1-3H3. The van der Waals surface area contributed by atoms with Crippen molar-refractivity contribution in [2.45, 2.75) is 26.7 Å². The molecular formula is C17H19NO3. The van der Waals surface area contributed by atoms with Crippen LogP contribution in [0.2, 0.25) is 0 Å². The minimum atomic E-state index is -0.386. The Morgan fingerprint density at radius 1 is 1.24 bits per heavy atom. The molecule has 0 amide bonds. The van der Waals surface area contributed by atoms with Crippen LogP contribution in [0.25, 0.3) is 0 Å². The summed E-state index contributed by atoms with van der Waals surface area (Å²) in [5.41, 5.74) is 2.68. The molecule has 21 heavy (non-hydrogen) atoms. The molecule has 0 aromatic heterocycles. The number of rotatable bonds is 4. The number of hydrogen-bond acceptors (Lipinski definition) is 4. The van der Waals surface area contributed by atoms with E-state index in [1.54, 1.807) is 13.1 Å². The number of allylic oxidation sites excluding steroid dienone is 2. The van der Waals surface area contributed by atoms with E-state index < -0.39 is 0 Å². The molecule has 0 saturated heterocycles. The first-order valence-electron chi connectivity index (χ1n) is 6.96. The number of dihydropyridines is 1. The van der Waals surface area contributed by atoms with Gasteiger partial charge in [0.15, 0.2) is 5.78 Å². The summed E-state index contributed by atoms with van der Waals surface area (Å²) in [5.74, 6) is -0.835. The molecule has 0 aliphatic carbocycles.